The van der Waals surface area contributed by atoms with E-state index in [-0.39, 0.29) is 21.9 Å². The Balaban J connectivity index is 0.000000166. The maximum atomic E-state index is 2.58. The Morgan fingerprint density at radius 3 is 1.18 bits per heavy atom. The van der Waals surface area contributed by atoms with Crippen LogP contribution in [0.15, 0.2) is 249 Å². The molecule has 2 aliphatic rings. The third-order valence-electron chi connectivity index (χ3n) is 16.2. The first-order valence-corrected chi connectivity index (χ1v) is 27.9. The fourth-order valence-corrected chi connectivity index (χ4v) is 12.7. The van der Waals surface area contributed by atoms with E-state index in [1.54, 1.807) is 0 Å². The Hall–Kier alpha value is -8.80. The van der Waals surface area contributed by atoms with Gasteiger partial charge in [-0.1, -0.05) is 161 Å². The quantitative estimate of drug-likeness (QED) is 0.158. The number of rotatable bonds is 7. The molecule has 0 radical (unpaired) electrons. The third kappa shape index (κ3) is 8.82. The summed E-state index contributed by atoms with van der Waals surface area (Å²) in [4.78, 5) is 9.82. The van der Waals surface area contributed by atoms with E-state index in [1.165, 1.54) is 72.5 Å². The van der Waals surface area contributed by atoms with Crippen molar-refractivity contribution >= 4 is 78.7 Å². The van der Waals surface area contributed by atoms with E-state index >= 15 is 0 Å². The second kappa shape index (κ2) is 19.6. The molecule has 0 amide bonds. The molecule has 0 spiro atoms. The van der Waals surface area contributed by atoms with Crippen molar-refractivity contribution in [2.45, 2.75) is 91.1 Å². The Morgan fingerprint density at radius 2 is 0.709 bits per heavy atom. The van der Waals surface area contributed by atoms with Crippen LogP contribution in [0.5, 0.6) is 0 Å². The molecule has 3 heterocycles. The van der Waals surface area contributed by atoms with Gasteiger partial charge in [0, 0.05) is 89.6 Å². The average molecular weight is 1030 g/mol. The molecule has 10 aromatic carbocycles. The van der Waals surface area contributed by atoms with Crippen LogP contribution in [-0.2, 0) is 10.8 Å². The fraction of sp³-hybridized carbons (Fsp3) is 0.189. The van der Waals surface area contributed by atoms with Crippen molar-refractivity contribution in [2.75, 3.05) is 19.6 Å². The molecule has 0 bridgehead atoms. The van der Waals surface area contributed by atoms with Crippen molar-refractivity contribution in [3.63, 3.8) is 0 Å². The summed E-state index contributed by atoms with van der Waals surface area (Å²) >= 11 is 0. The first-order chi connectivity index (χ1) is 38.0. The highest BCUT2D eigenvalue weighted by Gasteiger charge is 2.43. The Morgan fingerprint density at radius 1 is 0.316 bits per heavy atom. The van der Waals surface area contributed by atoms with Gasteiger partial charge in [-0.25, -0.2) is 0 Å². The summed E-state index contributed by atoms with van der Waals surface area (Å²) in [6.07, 6.45) is 0. The second-order valence-corrected chi connectivity index (χ2v) is 24.2. The molecule has 0 N–H and O–H groups in total. The van der Waals surface area contributed by atoms with Gasteiger partial charge >= 0.3 is 0 Å². The maximum absolute atomic E-state index is 2.58. The smallest absolute Gasteiger partial charge is 0.0562 e. The zero-order valence-corrected chi connectivity index (χ0v) is 47.4. The molecular formula is C74H71N5. The first kappa shape index (κ1) is 51.0. The number of nitrogens with zero attached hydrogens (tertiary/aromatic N) is 5. The lowest BCUT2D eigenvalue weighted by Crippen LogP contribution is -2.43. The van der Waals surface area contributed by atoms with Gasteiger partial charge in [0.05, 0.1) is 16.7 Å². The summed E-state index contributed by atoms with van der Waals surface area (Å²) < 4.78 is 2.42. The molecule has 392 valence electrons. The molecule has 0 atom stereocenters. The number of fused-ring (bicyclic) bond motifs is 8. The minimum Gasteiger partial charge on any atom is -0.336 e. The van der Waals surface area contributed by atoms with Gasteiger partial charge in [-0.2, -0.15) is 0 Å². The summed E-state index contributed by atoms with van der Waals surface area (Å²) in [5.41, 5.74) is 20.5. The van der Waals surface area contributed by atoms with Gasteiger partial charge in [0.2, 0.25) is 0 Å². The molecule has 0 saturated carbocycles. The van der Waals surface area contributed by atoms with Crippen molar-refractivity contribution in [1.29, 1.82) is 0 Å². The highest BCUT2D eigenvalue weighted by molar-refractivity contribution is 6.17. The number of anilines is 10. The van der Waals surface area contributed by atoms with Gasteiger partial charge in [-0.15, -0.1) is 0 Å². The van der Waals surface area contributed by atoms with Gasteiger partial charge in [-0.05, 0) is 179 Å². The van der Waals surface area contributed by atoms with E-state index in [4.69, 9.17) is 0 Å². The van der Waals surface area contributed by atoms with Gasteiger partial charge in [-0.3, -0.25) is 0 Å². The number of aromatic nitrogens is 1. The molecule has 0 saturated heterocycles. The summed E-state index contributed by atoms with van der Waals surface area (Å²) in [5.74, 6) is 0. The van der Waals surface area contributed by atoms with Crippen molar-refractivity contribution < 1.29 is 0 Å². The van der Waals surface area contributed by atoms with Crippen molar-refractivity contribution in [3.05, 3.63) is 271 Å². The molecule has 1 aromatic heterocycles. The van der Waals surface area contributed by atoms with Crippen LogP contribution in [0.4, 0.5) is 56.9 Å². The zero-order valence-electron chi connectivity index (χ0n) is 47.4. The molecular weight excluding hydrogens is 959 g/mol. The number of hydrogen-bond donors (Lipinski definition) is 0. The molecule has 0 unspecified atom stereocenters. The van der Waals surface area contributed by atoms with Crippen LogP contribution in [0.3, 0.4) is 0 Å². The predicted molar refractivity (Wildman–Crippen MR) is 338 cm³/mol. The Labute approximate surface area is 468 Å². The van der Waals surface area contributed by atoms with Gasteiger partial charge in [0.15, 0.2) is 0 Å². The third-order valence-corrected chi connectivity index (χ3v) is 16.2. The lowest BCUT2D eigenvalue weighted by Gasteiger charge is -2.48. The van der Waals surface area contributed by atoms with Crippen molar-refractivity contribution in [3.8, 4) is 5.69 Å². The van der Waals surface area contributed by atoms with Crippen LogP contribution >= 0.6 is 0 Å². The highest BCUT2D eigenvalue weighted by Crippen LogP contribution is 2.57. The predicted octanol–water partition coefficient (Wildman–Crippen LogP) is 20.6. The minimum atomic E-state index is -0.267. The number of hydrogen-bond acceptors (Lipinski definition) is 4. The van der Waals surface area contributed by atoms with Gasteiger partial charge in [0.1, 0.15) is 0 Å². The Bertz CT molecular complexity index is 3760. The van der Waals surface area contributed by atoms with Gasteiger partial charge in [0.25, 0.3) is 0 Å². The summed E-state index contributed by atoms with van der Waals surface area (Å²) in [6.45, 7) is 23.4. The second-order valence-electron chi connectivity index (χ2n) is 24.2. The van der Waals surface area contributed by atoms with E-state index < -0.39 is 0 Å². The number of benzene rings is 10. The van der Waals surface area contributed by atoms with Crippen LogP contribution in [0, 0.1) is 0 Å². The summed E-state index contributed by atoms with van der Waals surface area (Å²) in [7, 11) is 0. The molecule has 2 aliphatic heterocycles. The fourth-order valence-electron chi connectivity index (χ4n) is 12.7. The molecule has 13 rings (SSSR count). The largest absolute Gasteiger partial charge is 0.336 e. The molecule has 5 heteroatoms. The normalized spacial score (nSPS) is 14.1. The Kier molecular flexibility index (Phi) is 12.6. The molecule has 0 aliphatic carbocycles. The standard InChI is InChI=1S/C43H41N3.C31H30N2/c1-42(2,3)46-40-28-26-36(44(32-18-10-6-11-19-32)33-20-12-7-13-21-33)30-38(40)43(4,5)39-31-37(27-29-41(39)46)45(34-22-14-8-15-23-34)35-24-16-9-17-25-35;1-30(2,3)33-26-18-12-10-16-23(26)31(4,5)24-19-20-27-28(29(24)33)22-15-9-11-17-25(22)32(27)21-13-7-6-8-14-21/h6-31H,1-5H3;6-20H,1-5H3. The lowest BCUT2D eigenvalue weighted by molar-refractivity contribution is 0.530. The molecule has 79 heavy (non-hydrogen) atoms. The SMILES string of the molecule is CC1(C)c2cc(N(c3ccccc3)c3ccccc3)ccc2N(C(C)(C)C)c2ccc(N(c3ccccc3)c3ccccc3)cc21.CC1(C)c2ccccc2N(C(C)(C)C)c2c1ccc1c2c2ccccc2n1-c1ccccc1. The van der Waals surface area contributed by atoms with Crippen molar-refractivity contribution in [2.24, 2.45) is 0 Å². The topological polar surface area (TPSA) is 17.9 Å². The van der Waals surface area contributed by atoms with Gasteiger partial charge < -0.3 is 24.2 Å². The minimum absolute atomic E-state index is 0.0778. The van der Waals surface area contributed by atoms with E-state index in [0.717, 1.165) is 34.1 Å². The molecule has 5 nitrogen and oxygen atoms in total. The van der Waals surface area contributed by atoms with E-state index in [0.29, 0.717) is 0 Å². The van der Waals surface area contributed by atoms with Crippen molar-refractivity contribution in [1.82, 2.24) is 4.57 Å². The maximum Gasteiger partial charge on any atom is 0.0562 e. The molecule has 11 aromatic rings. The van der Waals surface area contributed by atoms with Crippen LogP contribution in [-0.4, -0.2) is 15.6 Å². The monoisotopic (exact) mass is 1030 g/mol. The van der Waals surface area contributed by atoms with Crippen LogP contribution in [0.2, 0.25) is 0 Å². The first-order valence-electron chi connectivity index (χ1n) is 27.9. The summed E-state index contributed by atoms with van der Waals surface area (Å²) in [6, 6.07) is 89.9. The van der Waals surface area contributed by atoms with Crippen LogP contribution < -0.4 is 19.6 Å². The average Bonchev–Trinajstić information content (AvgIpc) is 3.58. The highest BCUT2D eigenvalue weighted by atomic mass is 15.2. The van der Waals surface area contributed by atoms with Crippen LogP contribution in [0.25, 0.3) is 27.5 Å². The van der Waals surface area contributed by atoms with E-state index in [1.807, 2.05) is 0 Å². The summed E-state index contributed by atoms with van der Waals surface area (Å²) in [5, 5.41) is 2.64. The van der Waals surface area contributed by atoms with Crippen LogP contribution in [0.1, 0.15) is 91.5 Å². The zero-order chi connectivity index (χ0) is 54.8. The van der Waals surface area contributed by atoms with E-state index in [2.05, 4.69) is 342 Å². The lowest BCUT2D eigenvalue weighted by atomic mass is 9.72. The van der Waals surface area contributed by atoms with E-state index in [9.17, 15) is 0 Å². The number of para-hydroxylation sites is 7. The molecule has 0 fully saturated rings.